The Morgan fingerprint density at radius 1 is 0.810 bits per heavy atom. The van der Waals surface area contributed by atoms with Crippen LogP contribution in [0.1, 0.15) is 60.1 Å². The quantitative estimate of drug-likeness (QED) is 0.368. The molecule has 0 amide bonds. The first-order chi connectivity index (χ1) is 20.1. The Morgan fingerprint density at radius 2 is 1.57 bits per heavy atom. The first kappa shape index (κ1) is 26.5. The first-order valence-electron chi connectivity index (χ1n) is 15.0. The number of aryl methyl sites for hydroxylation is 4. The number of hydrogen-bond acceptors (Lipinski definition) is 3. The lowest BCUT2D eigenvalue weighted by molar-refractivity contribution is 0.419. The number of aliphatic imine (C=N–C) groups is 2. The molecule has 1 unspecified atom stereocenters. The molecular formula is C38H38N4. The molecule has 4 aliphatic rings. The van der Waals surface area contributed by atoms with Gasteiger partial charge in [0.05, 0.1) is 28.9 Å². The molecule has 4 nitrogen and oxygen atoms in total. The van der Waals surface area contributed by atoms with E-state index in [1.54, 1.807) is 0 Å². The van der Waals surface area contributed by atoms with Crippen molar-refractivity contribution in [1.29, 1.82) is 0 Å². The van der Waals surface area contributed by atoms with Crippen molar-refractivity contribution in [3.8, 4) is 0 Å². The van der Waals surface area contributed by atoms with E-state index in [1.165, 1.54) is 33.4 Å². The number of benzene rings is 2. The predicted molar refractivity (Wildman–Crippen MR) is 176 cm³/mol. The smallest absolute Gasteiger partial charge is 0.0734 e. The third-order valence-corrected chi connectivity index (χ3v) is 8.91. The van der Waals surface area contributed by atoms with Gasteiger partial charge >= 0.3 is 0 Å². The Morgan fingerprint density at radius 3 is 2.33 bits per heavy atom. The summed E-state index contributed by atoms with van der Waals surface area (Å²) in [6.07, 6.45) is 12.9. The van der Waals surface area contributed by atoms with Gasteiger partial charge in [0.15, 0.2) is 0 Å². The Balaban J connectivity index is 1.54. The molecule has 4 heteroatoms. The molecule has 0 aliphatic carbocycles. The maximum absolute atomic E-state index is 5.45. The van der Waals surface area contributed by atoms with Crippen molar-refractivity contribution in [2.45, 2.75) is 60.4 Å². The lowest BCUT2D eigenvalue weighted by Crippen LogP contribution is -2.32. The molecule has 1 aromatic heterocycles. The summed E-state index contributed by atoms with van der Waals surface area (Å²) in [5.74, 6) is 0. The second-order valence-corrected chi connectivity index (χ2v) is 12.8. The third kappa shape index (κ3) is 4.65. The molecule has 2 aromatic carbocycles. The average Bonchev–Trinajstić information content (AvgIpc) is 3.72. The fraction of sp³-hybridized carbons (Fsp3) is 0.263. The average molecular weight is 551 g/mol. The van der Waals surface area contributed by atoms with Crippen molar-refractivity contribution in [3.63, 3.8) is 0 Å². The van der Waals surface area contributed by atoms with Gasteiger partial charge in [-0.3, -0.25) is 4.99 Å². The molecule has 3 aromatic rings. The number of rotatable bonds is 2. The van der Waals surface area contributed by atoms with E-state index < -0.39 is 0 Å². The van der Waals surface area contributed by atoms with Crippen LogP contribution in [0.25, 0.3) is 17.2 Å². The van der Waals surface area contributed by atoms with Crippen LogP contribution >= 0.6 is 0 Å². The highest BCUT2D eigenvalue weighted by Crippen LogP contribution is 2.37. The van der Waals surface area contributed by atoms with Gasteiger partial charge in [-0.15, -0.1) is 0 Å². The zero-order chi connectivity index (χ0) is 29.2. The SMILES string of the molecule is Cc1ccc(/C2=C3\CCC(=N3)C(c3c(C)cc(C)cc3C)=c3cc/c([nH]3)=C/C3=CC(C)(C)C(/C=C4/C=CC2=N4)N3)cc1. The second-order valence-electron chi connectivity index (χ2n) is 12.8. The van der Waals surface area contributed by atoms with Crippen LogP contribution in [0.5, 0.6) is 0 Å². The van der Waals surface area contributed by atoms with Gasteiger partial charge in [-0.2, -0.15) is 0 Å². The summed E-state index contributed by atoms with van der Waals surface area (Å²) in [6.45, 7) is 13.3. The van der Waals surface area contributed by atoms with Gasteiger partial charge in [-0.1, -0.05) is 67.4 Å². The van der Waals surface area contributed by atoms with E-state index in [9.17, 15) is 0 Å². The number of H-pyrrole nitrogens is 1. The van der Waals surface area contributed by atoms with Crippen LogP contribution in [0.4, 0.5) is 0 Å². The molecule has 0 fully saturated rings. The number of allylic oxidation sites excluding steroid dienone is 5. The number of hydrogen-bond donors (Lipinski definition) is 2. The van der Waals surface area contributed by atoms with Crippen molar-refractivity contribution >= 4 is 28.6 Å². The highest BCUT2D eigenvalue weighted by molar-refractivity contribution is 6.33. The molecule has 5 heterocycles. The fourth-order valence-corrected chi connectivity index (χ4v) is 6.89. The number of nitrogens with zero attached hydrogens (tertiary/aromatic N) is 2. The highest BCUT2D eigenvalue weighted by atomic mass is 15.0. The van der Waals surface area contributed by atoms with Crippen molar-refractivity contribution in [2.24, 2.45) is 15.4 Å². The number of fused-ring (bicyclic) bond motifs is 6. The summed E-state index contributed by atoms with van der Waals surface area (Å²) < 4.78 is 0. The van der Waals surface area contributed by atoms with Crippen LogP contribution in [0.15, 0.2) is 99.9 Å². The van der Waals surface area contributed by atoms with E-state index in [4.69, 9.17) is 9.98 Å². The van der Waals surface area contributed by atoms with E-state index >= 15 is 0 Å². The molecular weight excluding hydrogens is 512 g/mol. The van der Waals surface area contributed by atoms with Crippen molar-refractivity contribution in [3.05, 3.63) is 134 Å². The molecule has 2 N–H and O–H groups in total. The van der Waals surface area contributed by atoms with Gasteiger partial charge in [0.2, 0.25) is 0 Å². The number of nitrogens with one attached hydrogen (secondary N) is 2. The van der Waals surface area contributed by atoms with Crippen molar-refractivity contribution in [2.75, 3.05) is 0 Å². The molecule has 42 heavy (non-hydrogen) atoms. The van der Waals surface area contributed by atoms with Gasteiger partial charge in [0, 0.05) is 33.0 Å². The lowest BCUT2D eigenvalue weighted by atomic mass is 9.86. The van der Waals surface area contributed by atoms with Gasteiger partial charge in [0.1, 0.15) is 0 Å². The van der Waals surface area contributed by atoms with E-state index in [1.807, 2.05) is 0 Å². The second kappa shape index (κ2) is 9.84. The monoisotopic (exact) mass is 550 g/mol. The predicted octanol–water partition coefficient (Wildman–Crippen LogP) is 6.66. The Bertz CT molecular complexity index is 1930. The fourth-order valence-electron chi connectivity index (χ4n) is 6.89. The van der Waals surface area contributed by atoms with Crippen LogP contribution in [-0.2, 0) is 0 Å². The maximum atomic E-state index is 5.45. The summed E-state index contributed by atoms with van der Waals surface area (Å²) in [7, 11) is 0. The van der Waals surface area contributed by atoms with Gasteiger partial charge < -0.3 is 10.3 Å². The molecule has 1 atom stereocenters. The Hall–Kier alpha value is -4.44. The minimum atomic E-state index is -0.0514. The molecule has 210 valence electrons. The summed E-state index contributed by atoms with van der Waals surface area (Å²) in [4.78, 5) is 14.4. The minimum Gasteiger partial charge on any atom is -0.378 e. The van der Waals surface area contributed by atoms with E-state index in [2.05, 4.69) is 131 Å². The normalized spacial score (nSPS) is 24.4. The van der Waals surface area contributed by atoms with Gasteiger partial charge in [-0.05, 0) is 99.2 Å². The Labute approximate surface area is 248 Å². The van der Waals surface area contributed by atoms with E-state index in [-0.39, 0.29) is 11.5 Å². The molecule has 8 bridgehead atoms. The third-order valence-electron chi connectivity index (χ3n) is 8.91. The largest absolute Gasteiger partial charge is 0.378 e. The summed E-state index contributed by atoms with van der Waals surface area (Å²) in [5.41, 5.74) is 15.1. The number of aromatic nitrogens is 1. The van der Waals surface area contributed by atoms with E-state index in [0.717, 1.165) is 63.2 Å². The molecule has 7 rings (SSSR count). The van der Waals surface area contributed by atoms with Crippen LogP contribution in [0.2, 0.25) is 0 Å². The van der Waals surface area contributed by atoms with Crippen molar-refractivity contribution in [1.82, 2.24) is 10.3 Å². The maximum Gasteiger partial charge on any atom is 0.0734 e. The first-order valence-corrected chi connectivity index (χ1v) is 15.0. The lowest BCUT2D eigenvalue weighted by Gasteiger charge is -2.23. The van der Waals surface area contributed by atoms with Crippen LogP contribution in [-0.4, -0.2) is 22.4 Å². The topological polar surface area (TPSA) is 52.5 Å². The van der Waals surface area contributed by atoms with Crippen molar-refractivity contribution < 1.29 is 0 Å². The molecule has 0 radical (unpaired) electrons. The minimum absolute atomic E-state index is 0.0514. The number of aromatic amines is 1. The summed E-state index contributed by atoms with van der Waals surface area (Å²) >= 11 is 0. The zero-order valence-corrected chi connectivity index (χ0v) is 25.4. The van der Waals surface area contributed by atoms with Crippen LogP contribution in [0.3, 0.4) is 0 Å². The zero-order valence-electron chi connectivity index (χ0n) is 25.4. The Kier molecular flexibility index (Phi) is 6.20. The summed E-state index contributed by atoms with van der Waals surface area (Å²) in [5, 5.41) is 5.94. The van der Waals surface area contributed by atoms with Gasteiger partial charge in [0.25, 0.3) is 0 Å². The van der Waals surface area contributed by atoms with Crippen LogP contribution in [0, 0.1) is 33.1 Å². The molecule has 0 saturated carbocycles. The summed E-state index contributed by atoms with van der Waals surface area (Å²) in [6, 6.07) is 17.9. The molecule has 0 spiro atoms. The molecule has 0 saturated heterocycles. The van der Waals surface area contributed by atoms with E-state index in [0.29, 0.717) is 0 Å². The molecule has 4 aliphatic heterocycles. The van der Waals surface area contributed by atoms with Crippen LogP contribution < -0.4 is 16.0 Å². The highest BCUT2D eigenvalue weighted by Gasteiger charge is 2.33. The standard InChI is InChI=1S/C38H38N4/c1-22-7-9-26(10-8-22)36-30-13-12-28(40-30)20-34-38(5,6)21-29(41-34)19-27-11-14-32(39-27)37(33-16-15-31(36)42-33)35-24(3)17-23(2)18-25(35)4/h7-14,17-21,34,39,41H,15-16H2,1-6H3/b27-19-,28-20-,36-31-,37-32?. The van der Waals surface area contributed by atoms with Gasteiger partial charge in [-0.25, -0.2) is 4.99 Å².